The van der Waals surface area contributed by atoms with Gasteiger partial charge in [0, 0.05) is 44.0 Å². The minimum Gasteiger partial charge on any atom is -0.368 e. The molecular formula is C19H24FN5. The highest BCUT2D eigenvalue weighted by molar-refractivity contribution is 5.51. The summed E-state index contributed by atoms with van der Waals surface area (Å²) in [6, 6.07) is 7.25. The summed E-state index contributed by atoms with van der Waals surface area (Å²) in [4.78, 5) is 2.08. The van der Waals surface area contributed by atoms with E-state index in [2.05, 4.69) is 22.2 Å². The summed E-state index contributed by atoms with van der Waals surface area (Å²) in [7, 11) is 1.92. The van der Waals surface area contributed by atoms with Gasteiger partial charge in [0.05, 0.1) is 23.5 Å². The van der Waals surface area contributed by atoms with Crippen molar-refractivity contribution in [1.29, 1.82) is 5.26 Å². The van der Waals surface area contributed by atoms with Crippen LogP contribution in [0.5, 0.6) is 0 Å². The van der Waals surface area contributed by atoms with E-state index in [0.717, 1.165) is 32.4 Å². The SMILES string of the molecule is CC[C@H](N[C@@H]1CCCN(c2ccc(C#N)cc2F)C1)c1cnn(C)c1. The smallest absolute Gasteiger partial charge is 0.147 e. The number of nitrogens with zero attached hydrogens (tertiary/aromatic N) is 4. The number of piperidine rings is 1. The molecule has 2 heterocycles. The van der Waals surface area contributed by atoms with Gasteiger partial charge in [0.25, 0.3) is 0 Å². The molecule has 6 heteroatoms. The number of benzene rings is 1. The Morgan fingerprint density at radius 3 is 2.96 bits per heavy atom. The van der Waals surface area contributed by atoms with Gasteiger partial charge in [0.2, 0.25) is 0 Å². The maximum atomic E-state index is 14.3. The van der Waals surface area contributed by atoms with Crippen LogP contribution in [0, 0.1) is 17.1 Å². The number of aryl methyl sites for hydroxylation is 1. The molecule has 0 spiro atoms. The number of nitriles is 1. The first-order valence-electron chi connectivity index (χ1n) is 8.80. The average molecular weight is 341 g/mol. The van der Waals surface area contributed by atoms with Crippen molar-refractivity contribution < 1.29 is 4.39 Å². The molecule has 1 saturated heterocycles. The highest BCUT2D eigenvalue weighted by atomic mass is 19.1. The van der Waals surface area contributed by atoms with Crippen molar-refractivity contribution in [2.24, 2.45) is 7.05 Å². The summed E-state index contributed by atoms with van der Waals surface area (Å²) in [6.45, 7) is 3.76. The lowest BCUT2D eigenvalue weighted by Gasteiger charge is -2.36. The lowest BCUT2D eigenvalue weighted by molar-refractivity contribution is 0.370. The first-order chi connectivity index (χ1) is 12.1. The van der Waals surface area contributed by atoms with Crippen LogP contribution in [-0.2, 0) is 7.05 Å². The zero-order valence-corrected chi connectivity index (χ0v) is 14.7. The average Bonchev–Trinajstić information content (AvgIpc) is 3.06. The highest BCUT2D eigenvalue weighted by Gasteiger charge is 2.24. The topological polar surface area (TPSA) is 56.9 Å². The molecule has 1 aliphatic heterocycles. The fourth-order valence-corrected chi connectivity index (χ4v) is 3.52. The summed E-state index contributed by atoms with van der Waals surface area (Å²) in [5.41, 5.74) is 2.13. The Balaban J connectivity index is 1.69. The third-order valence-corrected chi connectivity index (χ3v) is 4.81. The molecule has 0 saturated carbocycles. The Labute approximate surface area is 148 Å². The molecule has 0 aliphatic carbocycles. The summed E-state index contributed by atoms with van der Waals surface area (Å²) >= 11 is 0. The third kappa shape index (κ3) is 3.99. The molecule has 0 radical (unpaired) electrons. The maximum Gasteiger partial charge on any atom is 0.147 e. The fraction of sp³-hybridized carbons (Fsp3) is 0.474. The molecule has 2 atom stereocenters. The van der Waals surface area contributed by atoms with Crippen molar-refractivity contribution in [2.45, 2.75) is 38.3 Å². The van der Waals surface area contributed by atoms with E-state index >= 15 is 0 Å². The molecule has 0 bridgehead atoms. The van der Waals surface area contributed by atoms with Crippen LogP contribution in [0.1, 0.15) is 43.4 Å². The van der Waals surface area contributed by atoms with Gasteiger partial charge in [0.15, 0.2) is 0 Å². The molecule has 5 nitrogen and oxygen atoms in total. The van der Waals surface area contributed by atoms with Crippen molar-refractivity contribution in [2.75, 3.05) is 18.0 Å². The van der Waals surface area contributed by atoms with E-state index in [-0.39, 0.29) is 11.9 Å². The lowest BCUT2D eigenvalue weighted by Crippen LogP contribution is -2.47. The minimum atomic E-state index is -0.320. The Morgan fingerprint density at radius 2 is 2.32 bits per heavy atom. The van der Waals surface area contributed by atoms with Gasteiger partial charge in [-0.3, -0.25) is 4.68 Å². The normalized spacial score (nSPS) is 18.8. The standard InChI is InChI=1S/C19H24FN5/c1-3-18(15-11-22-24(2)12-15)23-16-5-4-8-25(13-16)19-7-6-14(10-21)9-17(19)20/h6-7,9,11-12,16,18,23H,3-5,8,13H2,1-2H3/t16-,18+/m1/s1. The zero-order valence-electron chi connectivity index (χ0n) is 14.7. The predicted molar refractivity (Wildman–Crippen MR) is 95.7 cm³/mol. The molecule has 0 unspecified atom stereocenters. The van der Waals surface area contributed by atoms with E-state index in [0.29, 0.717) is 17.3 Å². The number of hydrogen-bond acceptors (Lipinski definition) is 4. The Hall–Kier alpha value is -2.39. The van der Waals surface area contributed by atoms with E-state index in [4.69, 9.17) is 5.26 Å². The zero-order chi connectivity index (χ0) is 17.8. The largest absolute Gasteiger partial charge is 0.368 e. The number of hydrogen-bond donors (Lipinski definition) is 1. The van der Waals surface area contributed by atoms with Gasteiger partial charge >= 0.3 is 0 Å². The molecule has 25 heavy (non-hydrogen) atoms. The van der Waals surface area contributed by atoms with E-state index < -0.39 is 0 Å². The van der Waals surface area contributed by atoms with Crippen LogP contribution in [0.2, 0.25) is 0 Å². The fourth-order valence-electron chi connectivity index (χ4n) is 3.52. The third-order valence-electron chi connectivity index (χ3n) is 4.81. The Morgan fingerprint density at radius 1 is 1.48 bits per heavy atom. The first kappa shape index (κ1) is 17.4. The monoisotopic (exact) mass is 341 g/mol. The van der Waals surface area contributed by atoms with Crippen LogP contribution in [0.15, 0.2) is 30.6 Å². The van der Waals surface area contributed by atoms with Gasteiger partial charge in [-0.25, -0.2) is 4.39 Å². The number of anilines is 1. The van der Waals surface area contributed by atoms with E-state index in [1.54, 1.807) is 12.1 Å². The molecular weight excluding hydrogens is 317 g/mol. The van der Waals surface area contributed by atoms with Gasteiger partial charge in [-0.1, -0.05) is 6.92 Å². The van der Waals surface area contributed by atoms with E-state index in [1.165, 1.54) is 11.6 Å². The quantitative estimate of drug-likeness (QED) is 0.908. The van der Waals surface area contributed by atoms with Crippen molar-refractivity contribution in [3.8, 4) is 6.07 Å². The summed E-state index contributed by atoms with van der Waals surface area (Å²) in [5, 5.41) is 16.9. The van der Waals surface area contributed by atoms with Crippen LogP contribution < -0.4 is 10.2 Å². The summed E-state index contributed by atoms with van der Waals surface area (Å²) in [6.07, 6.45) is 7.02. The van der Waals surface area contributed by atoms with Gasteiger partial charge in [-0.05, 0) is 37.5 Å². The van der Waals surface area contributed by atoms with Gasteiger partial charge in [-0.15, -0.1) is 0 Å². The highest BCUT2D eigenvalue weighted by Crippen LogP contribution is 2.26. The van der Waals surface area contributed by atoms with Gasteiger partial charge < -0.3 is 10.2 Å². The Kier molecular flexibility index (Phi) is 5.34. The number of nitrogens with one attached hydrogen (secondary N) is 1. The maximum absolute atomic E-state index is 14.3. The molecule has 132 valence electrons. The number of rotatable bonds is 5. The van der Waals surface area contributed by atoms with Crippen molar-refractivity contribution in [1.82, 2.24) is 15.1 Å². The second-order valence-corrected chi connectivity index (χ2v) is 6.64. The molecule has 1 N–H and O–H groups in total. The van der Waals surface area contributed by atoms with Crippen molar-refractivity contribution >= 4 is 5.69 Å². The number of aromatic nitrogens is 2. The van der Waals surface area contributed by atoms with Crippen LogP contribution in [0.4, 0.5) is 10.1 Å². The molecule has 2 aromatic rings. The molecule has 1 aromatic heterocycles. The van der Waals surface area contributed by atoms with E-state index in [1.807, 2.05) is 30.2 Å². The lowest BCUT2D eigenvalue weighted by atomic mass is 10.0. The van der Waals surface area contributed by atoms with Crippen LogP contribution in [-0.4, -0.2) is 28.9 Å². The van der Waals surface area contributed by atoms with Crippen LogP contribution in [0.25, 0.3) is 0 Å². The molecule has 0 amide bonds. The molecule has 1 aromatic carbocycles. The van der Waals surface area contributed by atoms with E-state index in [9.17, 15) is 4.39 Å². The molecule has 3 rings (SSSR count). The first-order valence-corrected chi connectivity index (χ1v) is 8.80. The predicted octanol–water partition coefficient (Wildman–Crippen LogP) is 3.14. The van der Waals surface area contributed by atoms with Gasteiger partial charge in [0.1, 0.15) is 5.82 Å². The Bertz CT molecular complexity index is 763. The van der Waals surface area contributed by atoms with Crippen molar-refractivity contribution in [3.63, 3.8) is 0 Å². The number of halogens is 1. The molecule has 1 fully saturated rings. The second-order valence-electron chi connectivity index (χ2n) is 6.64. The van der Waals surface area contributed by atoms with Crippen molar-refractivity contribution in [3.05, 3.63) is 47.5 Å². The van der Waals surface area contributed by atoms with Crippen LogP contribution in [0.3, 0.4) is 0 Å². The summed E-state index contributed by atoms with van der Waals surface area (Å²) in [5.74, 6) is -0.320. The molecule has 1 aliphatic rings. The van der Waals surface area contributed by atoms with Gasteiger partial charge in [-0.2, -0.15) is 10.4 Å². The summed E-state index contributed by atoms with van der Waals surface area (Å²) < 4.78 is 16.1. The second kappa shape index (κ2) is 7.66. The minimum absolute atomic E-state index is 0.254. The van der Waals surface area contributed by atoms with Crippen LogP contribution >= 0.6 is 0 Å².